The molecule has 3 rings (SSSR count). The van der Waals surface area contributed by atoms with Crippen LogP contribution in [0.5, 0.6) is 5.75 Å². The average molecular weight is 357 g/mol. The lowest BCUT2D eigenvalue weighted by atomic mass is 10.3. The highest BCUT2D eigenvalue weighted by atomic mass is 35.5. The molecule has 1 heterocycles. The molecule has 0 atom stereocenters. The zero-order valence-corrected chi connectivity index (χ0v) is 13.3. The van der Waals surface area contributed by atoms with Gasteiger partial charge >= 0.3 is 0 Å². The third-order valence-corrected chi connectivity index (χ3v) is 3.15. The fraction of sp³-hybridized carbons (Fsp3) is 0.0667. The molecule has 0 saturated carbocycles. The molecule has 4 N–H and O–H groups in total. The number of carbonyl (C=O) groups excluding carboxylic acids is 1. The normalized spacial score (nSPS) is 9.48. The average Bonchev–Trinajstić information content (AvgIpc) is 2.95. The SMILES string of the molecule is O.O=C([O-])COc1ccc(Cl)cc1Cl.c1ccc2[nH+]c[nH]c2c1. The quantitative estimate of drug-likeness (QED) is 0.762. The third kappa shape index (κ3) is 5.78. The number of H-pyrrole nitrogens is 2. The number of aliphatic carboxylic acids is 1. The van der Waals surface area contributed by atoms with Crippen molar-refractivity contribution in [3.63, 3.8) is 0 Å². The van der Waals surface area contributed by atoms with Gasteiger partial charge in [0.25, 0.3) is 0 Å². The highest BCUT2D eigenvalue weighted by Crippen LogP contribution is 2.27. The van der Waals surface area contributed by atoms with Gasteiger partial charge in [-0.25, -0.2) is 9.97 Å². The van der Waals surface area contributed by atoms with E-state index in [0.717, 1.165) is 11.0 Å². The Morgan fingerprint density at radius 1 is 1.22 bits per heavy atom. The number of hydrogen-bond acceptors (Lipinski definition) is 3. The van der Waals surface area contributed by atoms with Crippen LogP contribution in [-0.4, -0.2) is 23.0 Å². The second-order valence-electron chi connectivity index (χ2n) is 4.21. The van der Waals surface area contributed by atoms with Gasteiger partial charge in [0.05, 0.1) is 11.0 Å². The van der Waals surface area contributed by atoms with Crippen LogP contribution in [0.15, 0.2) is 48.8 Å². The topological polar surface area (TPSA) is 111 Å². The number of benzene rings is 2. The van der Waals surface area contributed by atoms with Crippen LogP contribution in [0.1, 0.15) is 0 Å². The van der Waals surface area contributed by atoms with Gasteiger partial charge in [-0.1, -0.05) is 35.3 Å². The molecule has 6 nitrogen and oxygen atoms in total. The molecule has 3 aromatic rings. The van der Waals surface area contributed by atoms with Gasteiger partial charge in [0, 0.05) is 5.02 Å². The molecule has 0 aliphatic rings. The fourth-order valence-electron chi connectivity index (χ4n) is 1.66. The van der Waals surface area contributed by atoms with Gasteiger partial charge in [-0.3, -0.25) is 0 Å². The van der Waals surface area contributed by atoms with Crippen molar-refractivity contribution in [2.24, 2.45) is 0 Å². The molecule has 0 fully saturated rings. The van der Waals surface area contributed by atoms with Crippen LogP contribution in [0, 0.1) is 0 Å². The highest BCUT2D eigenvalue weighted by Gasteiger charge is 2.01. The van der Waals surface area contributed by atoms with Crippen molar-refractivity contribution in [1.29, 1.82) is 0 Å². The Morgan fingerprint density at radius 2 is 1.96 bits per heavy atom. The maximum Gasteiger partial charge on any atom is 0.240 e. The van der Waals surface area contributed by atoms with Gasteiger partial charge < -0.3 is 20.1 Å². The van der Waals surface area contributed by atoms with E-state index in [1.165, 1.54) is 12.1 Å². The number of ether oxygens (including phenoxy) is 1. The van der Waals surface area contributed by atoms with E-state index in [0.29, 0.717) is 5.02 Å². The summed E-state index contributed by atoms with van der Waals surface area (Å²) in [6.07, 6.45) is 1.82. The predicted molar refractivity (Wildman–Crippen MR) is 85.4 cm³/mol. The first kappa shape index (κ1) is 18.8. The van der Waals surface area contributed by atoms with Gasteiger partial charge in [0.15, 0.2) is 11.0 Å². The zero-order valence-electron chi connectivity index (χ0n) is 11.8. The van der Waals surface area contributed by atoms with E-state index in [1.54, 1.807) is 6.07 Å². The van der Waals surface area contributed by atoms with E-state index in [4.69, 9.17) is 27.9 Å². The first-order chi connectivity index (χ1) is 10.6. The standard InChI is InChI=1S/C8H6Cl2O3.C7H6N2.H2O/c9-5-1-2-7(6(10)3-5)13-4-8(11)12;1-2-4-7-6(3-1)8-5-9-7;/h1-3H,4H2,(H,11,12);1-5H,(H,8,9);1H2. The first-order valence-electron chi connectivity index (χ1n) is 6.28. The number of nitrogens with one attached hydrogen (secondary N) is 2. The number of rotatable bonds is 3. The number of carboxylic acid groups (broad SMARTS) is 1. The molecule has 0 bridgehead atoms. The minimum Gasteiger partial charge on any atom is -0.546 e. The minimum absolute atomic E-state index is 0. The Kier molecular flexibility index (Phi) is 7.34. The molecule has 0 radical (unpaired) electrons. The number of carboxylic acids is 1. The third-order valence-electron chi connectivity index (χ3n) is 2.62. The van der Waals surface area contributed by atoms with Gasteiger partial charge in [-0.05, 0) is 30.3 Å². The molecule has 2 aromatic carbocycles. The van der Waals surface area contributed by atoms with Crippen molar-refractivity contribution < 1.29 is 25.1 Å². The van der Waals surface area contributed by atoms with Crippen molar-refractivity contribution in [2.45, 2.75) is 0 Å². The molecular formula is C15H14Cl2N2O4. The molecule has 122 valence electrons. The summed E-state index contributed by atoms with van der Waals surface area (Å²) in [4.78, 5) is 16.2. The fourth-order valence-corrected chi connectivity index (χ4v) is 2.12. The van der Waals surface area contributed by atoms with Gasteiger partial charge in [0.2, 0.25) is 6.33 Å². The summed E-state index contributed by atoms with van der Waals surface area (Å²) in [6.45, 7) is -0.526. The molecular weight excluding hydrogens is 343 g/mol. The smallest absolute Gasteiger partial charge is 0.240 e. The van der Waals surface area contributed by atoms with Gasteiger partial charge in [-0.2, -0.15) is 0 Å². The summed E-state index contributed by atoms with van der Waals surface area (Å²) in [5.74, 6) is -1.03. The molecule has 0 unspecified atom stereocenters. The van der Waals surface area contributed by atoms with Gasteiger partial charge in [0.1, 0.15) is 12.4 Å². The highest BCUT2D eigenvalue weighted by molar-refractivity contribution is 6.35. The van der Waals surface area contributed by atoms with E-state index in [2.05, 4.69) is 9.97 Å². The largest absolute Gasteiger partial charge is 0.546 e. The molecule has 8 heteroatoms. The maximum atomic E-state index is 10.0. The van der Waals surface area contributed by atoms with E-state index in [-0.39, 0.29) is 16.2 Å². The van der Waals surface area contributed by atoms with E-state index in [9.17, 15) is 9.90 Å². The zero-order chi connectivity index (χ0) is 15.9. The number of fused-ring (bicyclic) bond motifs is 1. The van der Waals surface area contributed by atoms with Crippen LogP contribution in [0.4, 0.5) is 0 Å². The van der Waals surface area contributed by atoms with Crippen LogP contribution in [0.25, 0.3) is 11.0 Å². The Bertz CT molecular complexity index is 747. The molecule has 23 heavy (non-hydrogen) atoms. The van der Waals surface area contributed by atoms with Crippen LogP contribution in [-0.2, 0) is 4.79 Å². The first-order valence-corrected chi connectivity index (χ1v) is 7.03. The Balaban J connectivity index is 0.000000232. The van der Waals surface area contributed by atoms with E-state index in [1.807, 2.05) is 30.6 Å². The molecule has 0 aliphatic carbocycles. The Hall–Kier alpha value is -2.28. The molecule has 0 saturated heterocycles. The lowest BCUT2D eigenvalue weighted by Crippen LogP contribution is -2.28. The molecule has 0 aliphatic heterocycles. The van der Waals surface area contributed by atoms with Crippen LogP contribution in [0.3, 0.4) is 0 Å². The summed E-state index contributed by atoms with van der Waals surface area (Å²) < 4.78 is 4.80. The number of halogens is 2. The van der Waals surface area contributed by atoms with Crippen LogP contribution < -0.4 is 14.8 Å². The number of para-hydroxylation sites is 2. The summed E-state index contributed by atoms with van der Waals surface area (Å²) in [5.41, 5.74) is 2.30. The molecule has 0 spiro atoms. The van der Waals surface area contributed by atoms with E-state index < -0.39 is 12.6 Å². The summed E-state index contributed by atoms with van der Waals surface area (Å²) in [5, 5.41) is 10.8. The predicted octanol–water partition coefficient (Wildman–Crippen LogP) is 1.28. The van der Waals surface area contributed by atoms with E-state index >= 15 is 0 Å². The lowest BCUT2D eigenvalue weighted by Gasteiger charge is -2.07. The van der Waals surface area contributed by atoms with Crippen molar-refractivity contribution in [3.8, 4) is 5.75 Å². The van der Waals surface area contributed by atoms with Crippen LogP contribution >= 0.6 is 23.2 Å². The van der Waals surface area contributed by atoms with Crippen molar-refractivity contribution in [3.05, 3.63) is 58.8 Å². The number of carbonyl (C=O) groups is 1. The lowest BCUT2D eigenvalue weighted by molar-refractivity contribution is -0.344. The second kappa shape index (κ2) is 8.99. The van der Waals surface area contributed by atoms with Crippen LogP contribution in [0.2, 0.25) is 10.0 Å². The van der Waals surface area contributed by atoms with Gasteiger partial charge in [-0.15, -0.1) is 0 Å². The number of aromatic nitrogens is 2. The maximum absolute atomic E-state index is 10.0. The number of imidazole rings is 1. The molecule has 1 aromatic heterocycles. The summed E-state index contributed by atoms with van der Waals surface area (Å²) in [6, 6.07) is 12.6. The number of hydrogen-bond donors (Lipinski definition) is 1. The number of aromatic amines is 2. The van der Waals surface area contributed by atoms with Crippen molar-refractivity contribution in [1.82, 2.24) is 4.98 Å². The van der Waals surface area contributed by atoms with Crippen molar-refractivity contribution in [2.75, 3.05) is 6.61 Å². The summed E-state index contributed by atoms with van der Waals surface area (Å²) >= 11 is 11.3. The van der Waals surface area contributed by atoms with Crippen molar-refractivity contribution >= 4 is 40.2 Å². The summed E-state index contributed by atoms with van der Waals surface area (Å²) in [7, 11) is 0. The Labute approximate surface area is 141 Å². The molecule has 0 amide bonds. The second-order valence-corrected chi connectivity index (χ2v) is 5.06. The monoisotopic (exact) mass is 356 g/mol. The minimum atomic E-state index is -1.30. The Morgan fingerprint density at radius 3 is 2.61 bits per heavy atom.